The van der Waals surface area contributed by atoms with Crippen LogP contribution in [-0.2, 0) is 6.54 Å². The molecular weight excluding hydrogens is 350 g/mol. The van der Waals surface area contributed by atoms with Gasteiger partial charge in [0.25, 0.3) is 0 Å². The van der Waals surface area contributed by atoms with Gasteiger partial charge in [0.05, 0.1) is 12.7 Å². The molecule has 1 N–H and O–H groups in total. The molecule has 0 amide bonds. The minimum Gasteiger partial charge on any atom is -0.454 e. The van der Waals surface area contributed by atoms with Gasteiger partial charge in [-0.2, -0.15) is 0 Å². The minimum atomic E-state index is 0.278. The zero-order valence-corrected chi connectivity index (χ0v) is 15.3. The van der Waals surface area contributed by atoms with Gasteiger partial charge in [-0.3, -0.25) is 4.68 Å². The van der Waals surface area contributed by atoms with Gasteiger partial charge < -0.3 is 14.8 Å². The van der Waals surface area contributed by atoms with Crippen molar-refractivity contribution in [2.24, 2.45) is 0 Å². The number of ether oxygens (including phenoxy) is 2. The summed E-state index contributed by atoms with van der Waals surface area (Å²) in [5.74, 6) is 1.55. The Morgan fingerprint density at radius 1 is 1.31 bits per heavy atom. The molecule has 1 aromatic carbocycles. The number of hydrogen-bond acceptors (Lipinski definition) is 7. The highest BCUT2D eigenvalue weighted by Gasteiger charge is 2.19. The Balaban J connectivity index is 1.41. The lowest BCUT2D eigenvalue weighted by atomic mass is 10.2. The Kier molecular flexibility index (Phi) is 3.86. The number of benzene rings is 1. The van der Waals surface area contributed by atoms with E-state index in [0.29, 0.717) is 6.04 Å². The number of thiazole rings is 1. The topological polar surface area (TPSA) is 74.1 Å². The molecule has 4 heterocycles. The van der Waals surface area contributed by atoms with E-state index < -0.39 is 0 Å². The average Bonchev–Trinajstić information content (AvgIpc) is 3.42. The summed E-state index contributed by atoms with van der Waals surface area (Å²) in [5, 5.41) is 13.1. The number of nitrogens with zero attached hydrogens (tertiary/aromatic N) is 4. The van der Waals surface area contributed by atoms with Gasteiger partial charge in [0.2, 0.25) is 6.79 Å². The molecule has 1 atom stereocenters. The molecule has 1 fully saturated rings. The zero-order valence-electron chi connectivity index (χ0n) is 14.4. The summed E-state index contributed by atoms with van der Waals surface area (Å²) in [6.45, 7) is 4.29. The molecule has 0 aliphatic carbocycles. The highest BCUT2D eigenvalue weighted by Crippen LogP contribution is 2.38. The SMILES string of the molecule is Cc1sc(-c2ccc3c(c2)OCO3)nc1-c1cn(CC2CCCN2)nn1. The summed E-state index contributed by atoms with van der Waals surface area (Å²) in [7, 11) is 0. The largest absolute Gasteiger partial charge is 0.454 e. The van der Waals surface area contributed by atoms with Gasteiger partial charge in [-0.25, -0.2) is 4.98 Å². The molecule has 3 aromatic rings. The van der Waals surface area contributed by atoms with Crippen molar-refractivity contribution in [3.05, 3.63) is 29.3 Å². The molecule has 2 aromatic heterocycles. The van der Waals surface area contributed by atoms with Gasteiger partial charge in [-0.15, -0.1) is 16.4 Å². The maximum Gasteiger partial charge on any atom is 0.231 e. The fourth-order valence-electron chi connectivity index (χ4n) is 3.42. The summed E-state index contributed by atoms with van der Waals surface area (Å²) in [6, 6.07) is 6.41. The van der Waals surface area contributed by atoms with Crippen LogP contribution in [0.4, 0.5) is 0 Å². The molecule has 0 radical (unpaired) electrons. The van der Waals surface area contributed by atoms with Crippen LogP contribution >= 0.6 is 11.3 Å². The normalized spacial score (nSPS) is 18.6. The van der Waals surface area contributed by atoms with Crippen LogP contribution in [-0.4, -0.2) is 39.4 Å². The van der Waals surface area contributed by atoms with E-state index in [0.717, 1.165) is 51.4 Å². The smallest absolute Gasteiger partial charge is 0.231 e. The molecule has 0 bridgehead atoms. The lowest BCUT2D eigenvalue weighted by molar-refractivity contribution is 0.174. The molecule has 7 nitrogen and oxygen atoms in total. The quantitative estimate of drug-likeness (QED) is 0.762. The van der Waals surface area contributed by atoms with E-state index in [1.807, 2.05) is 29.1 Å². The average molecular weight is 369 g/mol. The summed E-state index contributed by atoms with van der Waals surface area (Å²) in [4.78, 5) is 5.94. The van der Waals surface area contributed by atoms with Crippen LogP contribution < -0.4 is 14.8 Å². The fraction of sp³-hybridized carbons (Fsp3) is 0.389. The Bertz CT molecular complexity index is 945. The van der Waals surface area contributed by atoms with Crippen LogP contribution in [0.25, 0.3) is 22.0 Å². The van der Waals surface area contributed by atoms with Crippen molar-refractivity contribution in [3.8, 4) is 33.5 Å². The highest BCUT2D eigenvalue weighted by atomic mass is 32.1. The van der Waals surface area contributed by atoms with Crippen LogP contribution in [0.1, 0.15) is 17.7 Å². The van der Waals surface area contributed by atoms with Gasteiger partial charge >= 0.3 is 0 Å². The molecule has 2 aliphatic rings. The van der Waals surface area contributed by atoms with Crippen molar-refractivity contribution in [2.45, 2.75) is 32.4 Å². The lowest BCUT2D eigenvalue weighted by Crippen LogP contribution is -2.26. The third-order valence-electron chi connectivity index (χ3n) is 4.77. The Hall–Kier alpha value is -2.45. The molecule has 1 unspecified atom stereocenters. The van der Waals surface area contributed by atoms with Crippen LogP contribution in [0.2, 0.25) is 0 Å². The molecule has 5 rings (SSSR count). The van der Waals surface area contributed by atoms with E-state index >= 15 is 0 Å². The summed E-state index contributed by atoms with van der Waals surface area (Å²) in [5.41, 5.74) is 2.74. The molecular formula is C18H19N5O2S. The molecule has 134 valence electrons. The van der Waals surface area contributed by atoms with E-state index in [1.165, 1.54) is 12.8 Å². The lowest BCUT2D eigenvalue weighted by Gasteiger charge is -2.08. The maximum atomic E-state index is 5.47. The Morgan fingerprint density at radius 2 is 2.23 bits per heavy atom. The number of fused-ring (bicyclic) bond motifs is 1. The van der Waals surface area contributed by atoms with Gasteiger partial charge in [-0.05, 0) is 44.5 Å². The second-order valence-electron chi connectivity index (χ2n) is 6.61. The number of aryl methyl sites for hydroxylation is 1. The van der Waals surface area contributed by atoms with Gasteiger partial charge in [-0.1, -0.05) is 5.21 Å². The third kappa shape index (κ3) is 2.85. The third-order valence-corrected chi connectivity index (χ3v) is 5.79. The van der Waals surface area contributed by atoms with Crippen molar-refractivity contribution >= 4 is 11.3 Å². The summed E-state index contributed by atoms with van der Waals surface area (Å²) >= 11 is 1.65. The first kappa shape index (κ1) is 15.8. The van der Waals surface area contributed by atoms with Crippen LogP contribution in [0.3, 0.4) is 0 Å². The van der Waals surface area contributed by atoms with Crippen molar-refractivity contribution in [1.29, 1.82) is 0 Å². The first-order chi connectivity index (χ1) is 12.8. The summed E-state index contributed by atoms with van der Waals surface area (Å²) in [6.07, 6.45) is 4.42. The number of aromatic nitrogens is 4. The van der Waals surface area contributed by atoms with Crippen LogP contribution in [0.15, 0.2) is 24.4 Å². The monoisotopic (exact) mass is 369 g/mol. The Labute approximate surface area is 155 Å². The van der Waals surface area contributed by atoms with Crippen molar-refractivity contribution in [2.75, 3.05) is 13.3 Å². The summed E-state index contributed by atoms with van der Waals surface area (Å²) < 4.78 is 12.8. The van der Waals surface area contributed by atoms with Gasteiger partial charge in [0.1, 0.15) is 16.4 Å². The second-order valence-corrected chi connectivity index (χ2v) is 7.81. The highest BCUT2D eigenvalue weighted by molar-refractivity contribution is 7.15. The fourth-order valence-corrected chi connectivity index (χ4v) is 4.34. The van der Waals surface area contributed by atoms with E-state index in [4.69, 9.17) is 14.5 Å². The van der Waals surface area contributed by atoms with E-state index in [9.17, 15) is 0 Å². The number of hydrogen-bond donors (Lipinski definition) is 1. The van der Waals surface area contributed by atoms with E-state index in [-0.39, 0.29) is 6.79 Å². The molecule has 8 heteroatoms. The molecule has 1 saturated heterocycles. The molecule has 26 heavy (non-hydrogen) atoms. The van der Waals surface area contributed by atoms with Gasteiger partial charge in [0, 0.05) is 16.5 Å². The van der Waals surface area contributed by atoms with Gasteiger partial charge in [0.15, 0.2) is 11.5 Å². The second kappa shape index (κ2) is 6.37. The zero-order chi connectivity index (χ0) is 17.5. The molecule has 0 saturated carbocycles. The predicted octanol–water partition coefficient (Wildman–Crippen LogP) is 2.86. The van der Waals surface area contributed by atoms with Crippen molar-refractivity contribution in [1.82, 2.24) is 25.3 Å². The number of rotatable bonds is 4. The van der Waals surface area contributed by atoms with E-state index in [1.54, 1.807) is 11.3 Å². The van der Waals surface area contributed by atoms with E-state index in [2.05, 4.69) is 22.6 Å². The predicted molar refractivity (Wildman–Crippen MR) is 98.5 cm³/mol. The Morgan fingerprint density at radius 3 is 3.12 bits per heavy atom. The molecule has 2 aliphatic heterocycles. The number of nitrogens with one attached hydrogen (secondary N) is 1. The van der Waals surface area contributed by atoms with Crippen LogP contribution in [0.5, 0.6) is 11.5 Å². The standard InChI is InChI=1S/C18H19N5O2S/c1-11-17(14-9-23(22-21-14)8-13-3-2-6-19-13)20-18(26-11)12-4-5-15-16(7-12)25-10-24-15/h4-5,7,9,13,19H,2-3,6,8,10H2,1H3. The van der Waals surface area contributed by atoms with Crippen molar-refractivity contribution in [3.63, 3.8) is 0 Å². The maximum absolute atomic E-state index is 5.47. The molecule has 0 spiro atoms. The van der Waals surface area contributed by atoms with Crippen LogP contribution in [0, 0.1) is 6.92 Å². The minimum absolute atomic E-state index is 0.278. The first-order valence-corrected chi connectivity index (χ1v) is 9.59. The van der Waals surface area contributed by atoms with Crippen molar-refractivity contribution < 1.29 is 9.47 Å². The first-order valence-electron chi connectivity index (χ1n) is 8.77.